The van der Waals surface area contributed by atoms with Gasteiger partial charge in [-0.3, -0.25) is 28.9 Å². The molecule has 45 heavy (non-hydrogen) atoms. The van der Waals surface area contributed by atoms with Gasteiger partial charge in [-0.15, -0.1) is 0 Å². The van der Waals surface area contributed by atoms with Crippen LogP contribution < -0.4 is 4.74 Å². The van der Waals surface area contributed by atoms with Crippen LogP contribution in [0.3, 0.4) is 0 Å². The molecule has 9 nitrogen and oxygen atoms in total. The van der Waals surface area contributed by atoms with E-state index in [-0.39, 0.29) is 58.6 Å². The summed E-state index contributed by atoms with van der Waals surface area (Å²) >= 11 is 3.23. The zero-order valence-corrected chi connectivity index (χ0v) is 26.0. The van der Waals surface area contributed by atoms with Crippen LogP contribution in [-0.2, 0) is 30.6 Å². The van der Waals surface area contributed by atoms with Crippen LogP contribution in [0.5, 0.6) is 11.5 Å². The molecule has 4 aliphatic rings. The fourth-order valence-electron chi connectivity index (χ4n) is 7.17. The van der Waals surface area contributed by atoms with Crippen molar-refractivity contribution < 1.29 is 38.9 Å². The van der Waals surface area contributed by atoms with Crippen molar-refractivity contribution in [2.45, 2.75) is 51.0 Å². The number of carboxylic acids is 1. The number of imide groups is 1. The number of benzene rings is 2. The van der Waals surface area contributed by atoms with Crippen LogP contribution in [0.4, 0.5) is 0 Å². The number of carbonyl (C=O) groups excluding carboxylic acids is 4. The number of carboxylic acid groups (broad SMARTS) is 1. The van der Waals surface area contributed by atoms with Gasteiger partial charge < -0.3 is 14.9 Å². The SMILES string of the molecule is O=C(O)CCCCCN1C(=O)C2CC=C3C(c4ccc(OCc5ccccc5)cc4O)C4=C(CC3C2C1=O)C(=O)C(Br)=CC4=O. The minimum atomic E-state index is -0.883. The van der Waals surface area contributed by atoms with Gasteiger partial charge >= 0.3 is 5.97 Å². The van der Waals surface area contributed by atoms with Gasteiger partial charge in [-0.05, 0) is 59.2 Å². The molecule has 2 aromatic rings. The third-order valence-corrected chi connectivity index (χ3v) is 9.85. The second-order valence-electron chi connectivity index (χ2n) is 11.9. The number of unbranched alkanes of at least 4 members (excludes halogenated alkanes) is 2. The normalized spacial score (nSPS) is 24.2. The largest absolute Gasteiger partial charge is 0.507 e. The Bertz CT molecular complexity index is 1690. The maximum absolute atomic E-state index is 13.8. The molecule has 2 aromatic carbocycles. The van der Waals surface area contributed by atoms with Crippen LogP contribution in [-0.4, -0.2) is 51.0 Å². The number of phenolic OH excluding ortho intramolecular Hbond substituents is 1. The molecule has 0 saturated carbocycles. The fraction of sp³-hybridized carbons (Fsp3) is 0.343. The number of amides is 2. The Labute approximate surface area is 268 Å². The van der Waals surface area contributed by atoms with Gasteiger partial charge in [0.2, 0.25) is 11.8 Å². The van der Waals surface area contributed by atoms with E-state index in [2.05, 4.69) is 15.9 Å². The van der Waals surface area contributed by atoms with Crippen LogP contribution in [0.2, 0.25) is 0 Å². The van der Waals surface area contributed by atoms with Crippen molar-refractivity contribution >= 4 is 45.3 Å². The van der Waals surface area contributed by atoms with Crippen LogP contribution in [0, 0.1) is 17.8 Å². The Morgan fingerprint density at radius 1 is 0.978 bits per heavy atom. The monoisotopic (exact) mass is 673 g/mol. The highest BCUT2D eigenvalue weighted by atomic mass is 79.9. The molecule has 2 amide bonds. The fourth-order valence-corrected chi connectivity index (χ4v) is 7.62. The van der Waals surface area contributed by atoms with Gasteiger partial charge in [0.25, 0.3) is 0 Å². The summed E-state index contributed by atoms with van der Waals surface area (Å²) in [5, 5.41) is 20.2. The number of rotatable bonds is 10. The van der Waals surface area contributed by atoms with E-state index in [1.165, 1.54) is 17.0 Å². The Morgan fingerprint density at radius 3 is 2.49 bits per heavy atom. The summed E-state index contributed by atoms with van der Waals surface area (Å²) in [6.07, 6.45) is 5.18. The van der Waals surface area contributed by atoms with Gasteiger partial charge in [-0.25, -0.2) is 0 Å². The second-order valence-corrected chi connectivity index (χ2v) is 12.8. The first-order chi connectivity index (χ1) is 21.7. The quantitative estimate of drug-likeness (QED) is 0.148. The van der Waals surface area contributed by atoms with Gasteiger partial charge in [0, 0.05) is 47.7 Å². The van der Waals surface area contributed by atoms with Crippen molar-refractivity contribution in [1.29, 1.82) is 0 Å². The molecule has 4 unspecified atom stereocenters. The Kier molecular flexibility index (Phi) is 8.59. The van der Waals surface area contributed by atoms with E-state index in [1.54, 1.807) is 12.1 Å². The Balaban J connectivity index is 1.31. The molecule has 6 rings (SSSR count). The number of ketones is 2. The van der Waals surface area contributed by atoms with E-state index < -0.39 is 29.6 Å². The van der Waals surface area contributed by atoms with Crippen LogP contribution in [0.1, 0.15) is 55.6 Å². The molecule has 0 aromatic heterocycles. The highest BCUT2D eigenvalue weighted by Gasteiger charge is 2.56. The number of hydrogen-bond acceptors (Lipinski definition) is 7. The summed E-state index contributed by atoms with van der Waals surface area (Å²) < 4.78 is 6.03. The molecule has 1 heterocycles. The lowest BCUT2D eigenvalue weighted by Gasteiger charge is -2.42. The van der Waals surface area contributed by atoms with E-state index in [1.807, 2.05) is 36.4 Å². The number of Topliss-reactive ketones (excluding diaryl/α,β-unsaturated/α-hetero) is 1. The molecule has 4 atom stereocenters. The summed E-state index contributed by atoms with van der Waals surface area (Å²) in [6.45, 7) is 0.507. The summed E-state index contributed by atoms with van der Waals surface area (Å²) in [7, 11) is 0. The molecule has 1 saturated heterocycles. The third-order valence-electron chi connectivity index (χ3n) is 9.26. The highest BCUT2D eigenvalue weighted by Crippen LogP contribution is 2.56. The zero-order chi connectivity index (χ0) is 31.8. The summed E-state index contributed by atoms with van der Waals surface area (Å²) in [4.78, 5) is 66.3. The Hall–Kier alpha value is -4.31. The predicted molar refractivity (Wildman–Crippen MR) is 166 cm³/mol. The lowest BCUT2D eigenvalue weighted by molar-refractivity contribution is -0.141. The number of hydrogen-bond donors (Lipinski definition) is 2. The first-order valence-corrected chi connectivity index (χ1v) is 15.9. The van der Waals surface area contributed by atoms with Gasteiger partial charge in [0.15, 0.2) is 11.6 Å². The van der Waals surface area contributed by atoms with Crippen molar-refractivity contribution in [1.82, 2.24) is 4.90 Å². The summed E-state index contributed by atoms with van der Waals surface area (Å²) in [5.41, 5.74) is 2.70. The average molecular weight is 675 g/mol. The number of carbonyl (C=O) groups is 5. The van der Waals surface area contributed by atoms with Gasteiger partial charge in [0.05, 0.1) is 16.3 Å². The molecule has 1 aliphatic heterocycles. The molecule has 232 valence electrons. The zero-order valence-electron chi connectivity index (χ0n) is 24.4. The molecule has 0 bridgehead atoms. The maximum Gasteiger partial charge on any atom is 0.303 e. The molecule has 0 spiro atoms. The molecular formula is C35H32BrNO8. The molecule has 1 fully saturated rings. The van der Waals surface area contributed by atoms with Crippen LogP contribution >= 0.6 is 15.9 Å². The number of halogens is 1. The number of aliphatic carboxylic acids is 1. The van der Waals surface area contributed by atoms with E-state index in [9.17, 15) is 29.1 Å². The van der Waals surface area contributed by atoms with E-state index >= 15 is 0 Å². The number of ether oxygens (including phenoxy) is 1. The topological polar surface area (TPSA) is 138 Å². The lowest BCUT2D eigenvalue weighted by Crippen LogP contribution is -2.39. The number of likely N-dealkylation sites (tertiary alicyclic amines) is 1. The van der Waals surface area contributed by atoms with Crippen molar-refractivity contribution in [2.75, 3.05) is 6.54 Å². The number of fused-ring (bicyclic) bond motifs is 3. The van der Waals surface area contributed by atoms with Gasteiger partial charge in [0.1, 0.15) is 18.1 Å². The molecule has 2 N–H and O–H groups in total. The van der Waals surface area contributed by atoms with Crippen molar-refractivity contribution in [3.63, 3.8) is 0 Å². The van der Waals surface area contributed by atoms with Crippen LogP contribution in [0.25, 0.3) is 0 Å². The number of allylic oxidation sites excluding steroid dienone is 6. The Morgan fingerprint density at radius 2 is 1.76 bits per heavy atom. The van der Waals surface area contributed by atoms with Crippen molar-refractivity contribution in [3.8, 4) is 11.5 Å². The van der Waals surface area contributed by atoms with Gasteiger partial charge in [-0.2, -0.15) is 0 Å². The van der Waals surface area contributed by atoms with E-state index in [0.717, 1.165) is 11.1 Å². The minimum Gasteiger partial charge on any atom is -0.507 e. The van der Waals surface area contributed by atoms with Gasteiger partial charge in [-0.1, -0.05) is 54.5 Å². The van der Waals surface area contributed by atoms with Crippen LogP contribution in [0.15, 0.2) is 81.9 Å². The standard InChI is InChI=1S/C35H32BrNO8/c36-26-17-28(39)32-25(33(26)42)16-24-21(12-13-23-31(24)35(44)37(34(23)43)14-6-2-5-9-29(40)41)30(32)22-11-10-20(15-27(22)38)45-18-19-7-3-1-4-8-19/h1,3-4,7-8,10-12,15,17,23-24,30-31,38H,2,5-6,9,13-14,16,18H2,(H,40,41). The molecule has 0 radical (unpaired) electrons. The number of aromatic hydroxyl groups is 1. The second kappa shape index (κ2) is 12.6. The number of nitrogens with zero attached hydrogens (tertiary/aromatic N) is 1. The highest BCUT2D eigenvalue weighted by molar-refractivity contribution is 9.12. The maximum atomic E-state index is 13.8. The molecule has 3 aliphatic carbocycles. The van der Waals surface area contributed by atoms with Crippen molar-refractivity contribution in [3.05, 3.63) is 93.0 Å². The average Bonchev–Trinajstić information content (AvgIpc) is 3.27. The summed E-state index contributed by atoms with van der Waals surface area (Å²) in [6, 6.07) is 14.5. The van der Waals surface area contributed by atoms with E-state index in [0.29, 0.717) is 49.2 Å². The third kappa shape index (κ3) is 5.79. The van der Waals surface area contributed by atoms with Crippen molar-refractivity contribution in [2.24, 2.45) is 17.8 Å². The smallest absolute Gasteiger partial charge is 0.303 e. The molecular weight excluding hydrogens is 642 g/mol. The minimum absolute atomic E-state index is 0.0328. The first kappa shape index (κ1) is 30.7. The lowest BCUT2D eigenvalue weighted by atomic mass is 9.59. The van der Waals surface area contributed by atoms with E-state index in [4.69, 9.17) is 9.84 Å². The first-order valence-electron chi connectivity index (χ1n) is 15.1. The number of phenols is 1. The predicted octanol–water partition coefficient (Wildman–Crippen LogP) is 5.38. The molecule has 10 heteroatoms. The summed E-state index contributed by atoms with van der Waals surface area (Å²) in [5.74, 6) is -4.37.